The first-order valence-corrected chi connectivity index (χ1v) is 8.01. The van der Waals surface area contributed by atoms with Crippen molar-refractivity contribution >= 4 is 11.6 Å². The average molecular weight is 334 g/mol. The molecule has 0 aliphatic carbocycles. The quantitative estimate of drug-likeness (QED) is 0.911. The van der Waals surface area contributed by atoms with E-state index in [9.17, 15) is 0 Å². The Labute approximate surface area is 141 Å². The molecule has 4 nitrogen and oxygen atoms in total. The molecule has 2 aromatic rings. The predicted molar refractivity (Wildman–Crippen MR) is 90.9 cm³/mol. The summed E-state index contributed by atoms with van der Waals surface area (Å²) in [7, 11) is 1.66. The van der Waals surface area contributed by atoms with E-state index in [1.807, 2.05) is 36.4 Å². The predicted octanol–water partition coefficient (Wildman–Crippen LogP) is 3.40. The Morgan fingerprint density at radius 1 is 1.13 bits per heavy atom. The molecule has 1 aliphatic rings. The standard InChI is InChI=1S/C18H20ClNO3/c1-21-16-5-3-14(19)10-15(16)13(11-20)8-12-2-4-17-18(9-12)23-7-6-22-17/h2-5,9-10,13H,6-8,11,20H2,1H3. The van der Waals surface area contributed by atoms with Gasteiger partial charge in [0.25, 0.3) is 0 Å². The Bertz CT molecular complexity index is 690. The van der Waals surface area contributed by atoms with Gasteiger partial charge in [0, 0.05) is 16.5 Å². The summed E-state index contributed by atoms with van der Waals surface area (Å²) in [6.07, 6.45) is 0.782. The highest BCUT2D eigenvalue weighted by molar-refractivity contribution is 6.30. The van der Waals surface area contributed by atoms with Crippen LogP contribution < -0.4 is 19.9 Å². The van der Waals surface area contributed by atoms with Crippen molar-refractivity contribution in [2.24, 2.45) is 5.73 Å². The Morgan fingerprint density at radius 3 is 2.65 bits per heavy atom. The van der Waals surface area contributed by atoms with Crippen molar-refractivity contribution in [3.8, 4) is 17.2 Å². The first-order chi connectivity index (χ1) is 11.2. The lowest BCUT2D eigenvalue weighted by Gasteiger charge is -2.21. The number of halogens is 1. The molecule has 2 aromatic carbocycles. The van der Waals surface area contributed by atoms with Gasteiger partial charge in [-0.05, 0) is 48.9 Å². The van der Waals surface area contributed by atoms with Crippen LogP contribution in [0.5, 0.6) is 17.2 Å². The minimum atomic E-state index is 0.117. The third-order valence-corrected chi connectivity index (χ3v) is 4.24. The van der Waals surface area contributed by atoms with E-state index in [0.717, 1.165) is 34.8 Å². The average Bonchev–Trinajstić information content (AvgIpc) is 2.59. The van der Waals surface area contributed by atoms with Crippen LogP contribution >= 0.6 is 11.6 Å². The maximum atomic E-state index is 6.14. The summed E-state index contributed by atoms with van der Waals surface area (Å²) in [5.74, 6) is 2.51. The molecule has 0 aromatic heterocycles. The van der Waals surface area contributed by atoms with Gasteiger partial charge in [-0.15, -0.1) is 0 Å². The zero-order valence-electron chi connectivity index (χ0n) is 13.0. The van der Waals surface area contributed by atoms with Gasteiger partial charge in [-0.2, -0.15) is 0 Å². The van der Waals surface area contributed by atoms with Gasteiger partial charge in [0.2, 0.25) is 0 Å². The number of hydrogen-bond donors (Lipinski definition) is 1. The van der Waals surface area contributed by atoms with Crippen molar-refractivity contribution in [1.82, 2.24) is 0 Å². The van der Waals surface area contributed by atoms with Crippen LogP contribution in [0.2, 0.25) is 5.02 Å². The minimum absolute atomic E-state index is 0.117. The molecule has 2 N–H and O–H groups in total. The van der Waals surface area contributed by atoms with Crippen LogP contribution in [0.1, 0.15) is 17.0 Å². The molecule has 1 atom stereocenters. The van der Waals surface area contributed by atoms with E-state index in [1.54, 1.807) is 7.11 Å². The SMILES string of the molecule is COc1ccc(Cl)cc1C(CN)Cc1ccc2c(c1)OCCO2. The van der Waals surface area contributed by atoms with Crippen molar-refractivity contribution in [2.75, 3.05) is 26.9 Å². The number of benzene rings is 2. The molecule has 0 amide bonds. The highest BCUT2D eigenvalue weighted by atomic mass is 35.5. The van der Waals surface area contributed by atoms with Gasteiger partial charge in [0.05, 0.1) is 7.11 Å². The molecule has 23 heavy (non-hydrogen) atoms. The number of hydrogen-bond acceptors (Lipinski definition) is 4. The second-order valence-corrected chi connectivity index (χ2v) is 5.94. The van der Waals surface area contributed by atoms with Gasteiger partial charge >= 0.3 is 0 Å². The molecule has 0 fully saturated rings. The van der Waals surface area contributed by atoms with Crippen molar-refractivity contribution in [2.45, 2.75) is 12.3 Å². The fraction of sp³-hybridized carbons (Fsp3) is 0.333. The molecule has 5 heteroatoms. The van der Waals surface area contributed by atoms with Crippen LogP contribution in [-0.4, -0.2) is 26.9 Å². The van der Waals surface area contributed by atoms with E-state index in [-0.39, 0.29) is 5.92 Å². The van der Waals surface area contributed by atoms with Crippen molar-refractivity contribution in [3.05, 3.63) is 52.5 Å². The summed E-state index contributed by atoms with van der Waals surface area (Å²) in [5, 5.41) is 0.682. The highest BCUT2D eigenvalue weighted by Gasteiger charge is 2.18. The number of nitrogens with two attached hydrogens (primary N) is 1. The van der Waals surface area contributed by atoms with Gasteiger partial charge in [-0.3, -0.25) is 0 Å². The molecular formula is C18H20ClNO3. The van der Waals surface area contributed by atoms with Crippen LogP contribution in [0.15, 0.2) is 36.4 Å². The van der Waals surface area contributed by atoms with Crippen molar-refractivity contribution in [3.63, 3.8) is 0 Å². The first kappa shape index (κ1) is 16.0. The summed E-state index contributed by atoms with van der Waals surface area (Å²) in [6.45, 7) is 1.68. The van der Waals surface area contributed by atoms with Crippen LogP contribution in [0.4, 0.5) is 0 Å². The summed E-state index contributed by atoms with van der Waals surface area (Å²) >= 11 is 6.14. The van der Waals surface area contributed by atoms with Gasteiger partial charge < -0.3 is 19.9 Å². The third-order valence-electron chi connectivity index (χ3n) is 4.00. The summed E-state index contributed by atoms with van der Waals surface area (Å²) in [6, 6.07) is 11.6. The zero-order valence-corrected chi connectivity index (χ0v) is 13.8. The Balaban J connectivity index is 1.86. The Morgan fingerprint density at radius 2 is 1.91 bits per heavy atom. The largest absolute Gasteiger partial charge is 0.496 e. The van der Waals surface area contributed by atoms with Gasteiger partial charge in [-0.1, -0.05) is 17.7 Å². The normalized spacial score (nSPS) is 14.4. The molecule has 1 aliphatic heterocycles. The lowest BCUT2D eigenvalue weighted by atomic mass is 9.91. The van der Waals surface area contributed by atoms with Gasteiger partial charge in [0.15, 0.2) is 11.5 Å². The second-order valence-electron chi connectivity index (χ2n) is 5.50. The van der Waals surface area contributed by atoms with Crippen molar-refractivity contribution in [1.29, 1.82) is 0 Å². The molecule has 1 heterocycles. The van der Waals surface area contributed by atoms with E-state index in [1.165, 1.54) is 0 Å². The maximum Gasteiger partial charge on any atom is 0.161 e. The van der Waals surface area contributed by atoms with E-state index in [2.05, 4.69) is 0 Å². The molecule has 3 rings (SSSR count). The molecule has 0 bridgehead atoms. The Hall–Kier alpha value is -1.91. The third kappa shape index (κ3) is 3.54. The maximum absolute atomic E-state index is 6.14. The Kier molecular flexibility index (Phi) is 4.94. The van der Waals surface area contributed by atoms with Gasteiger partial charge in [0.1, 0.15) is 19.0 Å². The lowest BCUT2D eigenvalue weighted by Crippen LogP contribution is -2.17. The summed E-state index contributed by atoms with van der Waals surface area (Å²) in [4.78, 5) is 0. The molecule has 0 saturated heterocycles. The molecule has 0 saturated carbocycles. The van der Waals surface area contributed by atoms with Gasteiger partial charge in [-0.25, -0.2) is 0 Å². The van der Waals surface area contributed by atoms with Crippen LogP contribution in [0.25, 0.3) is 0 Å². The fourth-order valence-corrected chi connectivity index (χ4v) is 3.02. The van der Waals surface area contributed by atoms with E-state index in [4.69, 9.17) is 31.5 Å². The topological polar surface area (TPSA) is 53.7 Å². The minimum Gasteiger partial charge on any atom is -0.496 e. The second kappa shape index (κ2) is 7.11. The summed E-state index contributed by atoms with van der Waals surface area (Å²) in [5.41, 5.74) is 8.18. The number of ether oxygens (including phenoxy) is 3. The van der Waals surface area contributed by atoms with E-state index < -0.39 is 0 Å². The number of methoxy groups -OCH3 is 1. The van der Waals surface area contributed by atoms with E-state index in [0.29, 0.717) is 24.8 Å². The summed E-state index contributed by atoms with van der Waals surface area (Å²) < 4.78 is 16.7. The monoisotopic (exact) mass is 333 g/mol. The molecular weight excluding hydrogens is 314 g/mol. The molecule has 0 spiro atoms. The van der Waals surface area contributed by atoms with Crippen LogP contribution in [0, 0.1) is 0 Å². The van der Waals surface area contributed by atoms with E-state index >= 15 is 0 Å². The highest BCUT2D eigenvalue weighted by Crippen LogP contribution is 2.35. The number of fused-ring (bicyclic) bond motifs is 1. The number of rotatable bonds is 5. The molecule has 1 unspecified atom stereocenters. The van der Waals surface area contributed by atoms with Crippen molar-refractivity contribution < 1.29 is 14.2 Å². The van der Waals surface area contributed by atoms with Crippen LogP contribution in [-0.2, 0) is 6.42 Å². The molecule has 0 radical (unpaired) electrons. The lowest BCUT2D eigenvalue weighted by molar-refractivity contribution is 0.171. The fourth-order valence-electron chi connectivity index (χ4n) is 2.84. The van der Waals surface area contributed by atoms with Crippen LogP contribution in [0.3, 0.4) is 0 Å². The smallest absolute Gasteiger partial charge is 0.161 e. The zero-order chi connectivity index (χ0) is 16.2. The first-order valence-electron chi connectivity index (χ1n) is 7.63. The molecule has 122 valence electrons.